The highest BCUT2D eigenvalue weighted by molar-refractivity contribution is 6.01. The highest BCUT2D eigenvalue weighted by Gasteiger charge is 2.37. The Hall–Kier alpha value is -0.860. The number of carbonyl (C=O) groups is 2. The molecule has 1 heterocycles. The van der Waals surface area contributed by atoms with Crippen LogP contribution in [0.1, 0.15) is 33.6 Å². The molecular formula is C9H15NO2. The molecule has 0 N–H and O–H groups in total. The van der Waals surface area contributed by atoms with E-state index >= 15 is 0 Å². The Morgan fingerprint density at radius 1 is 1.58 bits per heavy atom. The standard InChI is InChI=1S/C9H15NO2/c1-4-9(2,3)8(12)10-6-5-7(10)11/h4-6H2,1-3H3. The van der Waals surface area contributed by atoms with Crippen molar-refractivity contribution in [3.05, 3.63) is 0 Å². The second-order valence-electron chi connectivity index (χ2n) is 3.84. The molecule has 2 amide bonds. The molecule has 0 aliphatic carbocycles. The minimum atomic E-state index is -0.379. The van der Waals surface area contributed by atoms with Gasteiger partial charge in [-0.25, -0.2) is 0 Å². The third-order valence-corrected chi connectivity index (χ3v) is 2.56. The van der Waals surface area contributed by atoms with Gasteiger partial charge in [-0.3, -0.25) is 14.5 Å². The summed E-state index contributed by atoms with van der Waals surface area (Å²) in [6, 6.07) is 0. The van der Waals surface area contributed by atoms with E-state index in [2.05, 4.69) is 0 Å². The van der Waals surface area contributed by atoms with Gasteiger partial charge in [-0.05, 0) is 6.42 Å². The van der Waals surface area contributed by atoms with E-state index in [1.165, 1.54) is 4.90 Å². The Labute approximate surface area is 72.7 Å². The molecule has 1 aliphatic rings. The van der Waals surface area contributed by atoms with Crippen LogP contribution in [0.25, 0.3) is 0 Å². The van der Waals surface area contributed by atoms with Gasteiger partial charge in [0.25, 0.3) is 0 Å². The first-order chi connectivity index (χ1) is 5.49. The molecule has 12 heavy (non-hydrogen) atoms. The van der Waals surface area contributed by atoms with Gasteiger partial charge in [0.2, 0.25) is 11.8 Å². The molecule has 0 aromatic rings. The van der Waals surface area contributed by atoms with Gasteiger partial charge in [-0.2, -0.15) is 0 Å². The van der Waals surface area contributed by atoms with Crippen molar-refractivity contribution in [3.63, 3.8) is 0 Å². The van der Waals surface area contributed by atoms with E-state index in [1.54, 1.807) is 0 Å². The molecule has 1 aliphatic heterocycles. The zero-order valence-electron chi connectivity index (χ0n) is 7.89. The Bertz CT molecular complexity index is 221. The first kappa shape index (κ1) is 9.23. The van der Waals surface area contributed by atoms with Crippen molar-refractivity contribution >= 4 is 11.8 Å². The summed E-state index contributed by atoms with van der Waals surface area (Å²) >= 11 is 0. The SMILES string of the molecule is CCC(C)(C)C(=O)N1CCC1=O. The van der Waals surface area contributed by atoms with Crippen molar-refractivity contribution in [2.45, 2.75) is 33.6 Å². The van der Waals surface area contributed by atoms with Gasteiger partial charge in [0, 0.05) is 18.4 Å². The van der Waals surface area contributed by atoms with Crippen LogP contribution in [0.15, 0.2) is 0 Å². The number of likely N-dealkylation sites (tertiary alicyclic amines) is 1. The van der Waals surface area contributed by atoms with Crippen LogP contribution in [-0.2, 0) is 9.59 Å². The van der Waals surface area contributed by atoms with Gasteiger partial charge in [0.15, 0.2) is 0 Å². The van der Waals surface area contributed by atoms with Gasteiger partial charge in [-0.1, -0.05) is 20.8 Å². The van der Waals surface area contributed by atoms with Crippen LogP contribution >= 0.6 is 0 Å². The van der Waals surface area contributed by atoms with E-state index in [1.807, 2.05) is 20.8 Å². The Morgan fingerprint density at radius 3 is 2.42 bits per heavy atom. The minimum Gasteiger partial charge on any atom is -0.282 e. The highest BCUT2D eigenvalue weighted by atomic mass is 16.2. The second-order valence-corrected chi connectivity index (χ2v) is 3.84. The summed E-state index contributed by atoms with van der Waals surface area (Å²) in [5, 5.41) is 0. The van der Waals surface area contributed by atoms with Crippen molar-refractivity contribution in [2.24, 2.45) is 5.41 Å². The maximum absolute atomic E-state index is 11.6. The zero-order chi connectivity index (χ0) is 9.35. The number of hydrogen-bond acceptors (Lipinski definition) is 2. The summed E-state index contributed by atoms with van der Waals surface area (Å²) in [5.41, 5.74) is -0.379. The lowest BCUT2D eigenvalue weighted by Crippen LogP contribution is -2.52. The number of hydrogen-bond donors (Lipinski definition) is 0. The molecule has 1 fully saturated rings. The first-order valence-electron chi connectivity index (χ1n) is 4.34. The number of amides is 2. The van der Waals surface area contributed by atoms with Crippen molar-refractivity contribution in [1.29, 1.82) is 0 Å². The summed E-state index contributed by atoms with van der Waals surface area (Å²) in [4.78, 5) is 23.9. The molecule has 3 nitrogen and oxygen atoms in total. The van der Waals surface area contributed by atoms with Gasteiger partial charge < -0.3 is 0 Å². The second kappa shape index (κ2) is 2.88. The lowest BCUT2D eigenvalue weighted by atomic mass is 9.87. The maximum Gasteiger partial charge on any atom is 0.234 e. The minimum absolute atomic E-state index is 0.0264. The molecule has 68 valence electrons. The molecule has 1 rings (SSSR count). The third-order valence-electron chi connectivity index (χ3n) is 2.56. The van der Waals surface area contributed by atoms with Gasteiger partial charge in [-0.15, -0.1) is 0 Å². The van der Waals surface area contributed by atoms with Gasteiger partial charge in [0.1, 0.15) is 0 Å². The normalized spacial score (nSPS) is 17.6. The smallest absolute Gasteiger partial charge is 0.234 e. The summed E-state index contributed by atoms with van der Waals surface area (Å²) < 4.78 is 0. The largest absolute Gasteiger partial charge is 0.282 e. The monoisotopic (exact) mass is 169 g/mol. The lowest BCUT2D eigenvalue weighted by molar-refractivity contribution is -0.157. The number of rotatable bonds is 2. The molecule has 0 bridgehead atoms. The fourth-order valence-electron chi connectivity index (χ4n) is 1.05. The van der Waals surface area contributed by atoms with Crippen molar-refractivity contribution in [3.8, 4) is 0 Å². The predicted octanol–water partition coefficient (Wildman–Crippen LogP) is 1.18. The van der Waals surface area contributed by atoms with Gasteiger partial charge in [0.05, 0.1) is 0 Å². The molecule has 0 spiro atoms. The molecule has 0 radical (unpaired) electrons. The highest BCUT2D eigenvalue weighted by Crippen LogP contribution is 2.25. The lowest BCUT2D eigenvalue weighted by Gasteiger charge is -2.35. The van der Waals surface area contributed by atoms with Crippen molar-refractivity contribution < 1.29 is 9.59 Å². The molecule has 1 saturated heterocycles. The molecule has 0 saturated carbocycles. The predicted molar refractivity (Wildman–Crippen MR) is 45.4 cm³/mol. The Kier molecular flexibility index (Phi) is 2.22. The zero-order valence-corrected chi connectivity index (χ0v) is 7.89. The van der Waals surface area contributed by atoms with Crippen LogP contribution in [-0.4, -0.2) is 23.3 Å². The third kappa shape index (κ3) is 1.36. The topological polar surface area (TPSA) is 37.4 Å². The molecule has 0 atom stereocenters. The maximum atomic E-state index is 11.6. The van der Waals surface area contributed by atoms with E-state index in [-0.39, 0.29) is 17.2 Å². The Morgan fingerprint density at radius 2 is 2.17 bits per heavy atom. The average Bonchev–Trinajstić information content (AvgIpc) is 2.01. The van der Waals surface area contributed by atoms with Crippen LogP contribution in [0.5, 0.6) is 0 Å². The molecule has 0 aromatic carbocycles. The van der Waals surface area contributed by atoms with E-state index in [9.17, 15) is 9.59 Å². The van der Waals surface area contributed by atoms with E-state index in [4.69, 9.17) is 0 Å². The van der Waals surface area contributed by atoms with E-state index in [0.717, 1.165) is 6.42 Å². The Balaban J connectivity index is 2.64. The number of imide groups is 1. The number of nitrogens with zero attached hydrogens (tertiary/aromatic N) is 1. The summed E-state index contributed by atoms with van der Waals surface area (Å²) in [6.45, 7) is 6.32. The summed E-state index contributed by atoms with van der Waals surface area (Å²) in [5.74, 6) is -0.0530. The van der Waals surface area contributed by atoms with E-state index < -0.39 is 0 Å². The number of β-lactam (4-membered cyclic amide) rings is 1. The molecule has 0 aromatic heterocycles. The number of carbonyl (C=O) groups excluding carboxylic acids is 2. The first-order valence-corrected chi connectivity index (χ1v) is 4.34. The fourth-order valence-corrected chi connectivity index (χ4v) is 1.05. The van der Waals surface area contributed by atoms with Crippen molar-refractivity contribution in [1.82, 2.24) is 4.90 Å². The molecule has 3 heteroatoms. The van der Waals surface area contributed by atoms with Gasteiger partial charge >= 0.3 is 0 Å². The van der Waals surface area contributed by atoms with Crippen molar-refractivity contribution in [2.75, 3.05) is 6.54 Å². The average molecular weight is 169 g/mol. The van der Waals surface area contributed by atoms with Crippen LogP contribution in [0.3, 0.4) is 0 Å². The van der Waals surface area contributed by atoms with Crippen LogP contribution < -0.4 is 0 Å². The van der Waals surface area contributed by atoms with Crippen LogP contribution in [0.4, 0.5) is 0 Å². The van der Waals surface area contributed by atoms with Crippen LogP contribution in [0, 0.1) is 5.41 Å². The summed E-state index contributed by atoms with van der Waals surface area (Å²) in [7, 11) is 0. The summed E-state index contributed by atoms with van der Waals surface area (Å²) in [6.07, 6.45) is 1.31. The molecular weight excluding hydrogens is 154 g/mol. The van der Waals surface area contributed by atoms with Crippen LogP contribution in [0.2, 0.25) is 0 Å². The molecule has 0 unspecified atom stereocenters. The van der Waals surface area contributed by atoms with E-state index in [0.29, 0.717) is 13.0 Å². The quantitative estimate of drug-likeness (QED) is 0.582. The fraction of sp³-hybridized carbons (Fsp3) is 0.778.